The van der Waals surface area contributed by atoms with E-state index in [1.54, 1.807) is 0 Å². The molecule has 0 spiro atoms. The van der Waals surface area contributed by atoms with Gasteiger partial charge in [-0.1, -0.05) is 39.8 Å². The Labute approximate surface area is 103 Å². The van der Waals surface area contributed by atoms with Gasteiger partial charge in [-0.05, 0) is 29.5 Å². The molecule has 1 aromatic carbocycles. The molecule has 0 bridgehead atoms. The highest BCUT2D eigenvalue weighted by molar-refractivity contribution is 5.81. The molecular formula is C14H22N2O. The summed E-state index contributed by atoms with van der Waals surface area (Å²) in [7, 11) is 0. The molecule has 0 amide bonds. The van der Waals surface area contributed by atoms with Crippen molar-refractivity contribution in [2.75, 3.05) is 0 Å². The summed E-state index contributed by atoms with van der Waals surface area (Å²) in [5.74, 6) is 0.840. The summed E-state index contributed by atoms with van der Waals surface area (Å²) in [6.07, 6.45) is 0.381. The van der Waals surface area contributed by atoms with Crippen molar-refractivity contribution in [2.24, 2.45) is 5.73 Å². The largest absolute Gasteiger partial charge is 0.483 e. The second-order valence-electron chi connectivity index (χ2n) is 5.24. The summed E-state index contributed by atoms with van der Waals surface area (Å²) in [4.78, 5) is 0. The van der Waals surface area contributed by atoms with E-state index in [4.69, 9.17) is 15.9 Å². The Bertz CT molecular complexity index is 376. The molecule has 0 aliphatic rings. The number of benzene rings is 1. The molecule has 3 nitrogen and oxygen atoms in total. The second-order valence-corrected chi connectivity index (χ2v) is 5.24. The Morgan fingerprint density at radius 2 is 1.82 bits per heavy atom. The number of nitrogens with one attached hydrogen (secondary N) is 1. The first kappa shape index (κ1) is 13.6. The van der Waals surface area contributed by atoms with Gasteiger partial charge in [-0.25, -0.2) is 0 Å². The van der Waals surface area contributed by atoms with Crippen LogP contribution in [-0.4, -0.2) is 11.9 Å². The van der Waals surface area contributed by atoms with Crippen molar-refractivity contribution < 1.29 is 4.74 Å². The molecule has 0 aliphatic heterocycles. The van der Waals surface area contributed by atoms with Crippen molar-refractivity contribution in [3.05, 3.63) is 29.8 Å². The summed E-state index contributed by atoms with van der Waals surface area (Å²) < 4.78 is 5.64. The smallest absolute Gasteiger partial charge is 0.155 e. The molecule has 0 aromatic heterocycles. The fourth-order valence-corrected chi connectivity index (χ4v) is 1.56. The zero-order valence-electron chi connectivity index (χ0n) is 11.1. The molecule has 3 heteroatoms. The molecule has 0 saturated carbocycles. The number of hydrogen-bond donors (Lipinski definition) is 2. The monoisotopic (exact) mass is 234 g/mol. The van der Waals surface area contributed by atoms with Gasteiger partial charge in [-0.3, -0.25) is 5.41 Å². The van der Waals surface area contributed by atoms with Crippen LogP contribution in [0.3, 0.4) is 0 Å². The Hall–Kier alpha value is -1.51. The summed E-state index contributed by atoms with van der Waals surface area (Å²) in [5.41, 5.74) is 6.86. The van der Waals surface area contributed by atoms with Crippen LogP contribution in [0.4, 0.5) is 0 Å². The first-order valence-corrected chi connectivity index (χ1v) is 5.95. The van der Waals surface area contributed by atoms with Crippen molar-refractivity contribution >= 4 is 5.84 Å². The van der Waals surface area contributed by atoms with Gasteiger partial charge in [0.05, 0.1) is 0 Å². The van der Waals surface area contributed by atoms with Crippen LogP contribution in [0.15, 0.2) is 24.3 Å². The third-order valence-electron chi connectivity index (χ3n) is 2.72. The number of rotatable bonds is 4. The lowest BCUT2D eigenvalue weighted by atomic mass is 9.87. The number of ether oxygens (including phenoxy) is 1. The predicted octanol–water partition coefficient (Wildman–Crippen LogP) is 3.08. The average Bonchev–Trinajstić information content (AvgIpc) is 2.25. The molecule has 0 aliphatic carbocycles. The SMILES string of the molecule is CCC(Oc1ccc(C(C)(C)C)cc1)C(=N)N. The van der Waals surface area contributed by atoms with E-state index < -0.39 is 0 Å². The molecular weight excluding hydrogens is 212 g/mol. The van der Waals surface area contributed by atoms with Gasteiger partial charge in [0.1, 0.15) is 11.6 Å². The quantitative estimate of drug-likeness (QED) is 0.621. The van der Waals surface area contributed by atoms with Gasteiger partial charge < -0.3 is 10.5 Å². The minimum absolute atomic E-state index is 0.0763. The molecule has 0 saturated heterocycles. The molecule has 1 unspecified atom stereocenters. The molecule has 0 fully saturated rings. The zero-order valence-corrected chi connectivity index (χ0v) is 11.1. The summed E-state index contributed by atoms with van der Waals surface area (Å²) in [6.45, 7) is 8.48. The van der Waals surface area contributed by atoms with Gasteiger partial charge in [-0.15, -0.1) is 0 Å². The van der Waals surface area contributed by atoms with Crippen molar-refractivity contribution in [3.8, 4) is 5.75 Å². The van der Waals surface area contributed by atoms with Gasteiger partial charge in [-0.2, -0.15) is 0 Å². The van der Waals surface area contributed by atoms with Gasteiger partial charge in [0, 0.05) is 0 Å². The van der Waals surface area contributed by atoms with Gasteiger partial charge >= 0.3 is 0 Å². The van der Waals surface area contributed by atoms with Crippen LogP contribution in [0.1, 0.15) is 39.7 Å². The van der Waals surface area contributed by atoms with Gasteiger partial charge in [0.25, 0.3) is 0 Å². The minimum atomic E-state index is -0.324. The average molecular weight is 234 g/mol. The van der Waals surface area contributed by atoms with Crippen LogP contribution >= 0.6 is 0 Å². The van der Waals surface area contributed by atoms with Crippen molar-refractivity contribution in [1.82, 2.24) is 0 Å². The second kappa shape index (κ2) is 5.21. The molecule has 1 atom stereocenters. The lowest BCUT2D eigenvalue weighted by molar-refractivity contribution is 0.260. The fourth-order valence-electron chi connectivity index (χ4n) is 1.56. The fraction of sp³-hybridized carbons (Fsp3) is 0.500. The van der Waals surface area contributed by atoms with Gasteiger partial charge in [0.15, 0.2) is 6.10 Å². The lowest BCUT2D eigenvalue weighted by Crippen LogP contribution is -2.32. The van der Waals surface area contributed by atoms with Crippen LogP contribution in [0, 0.1) is 5.41 Å². The molecule has 1 rings (SSSR count). The molecule has 94 valence electrons. The van der Waals surface area contributed by atoms with Crippen LogP contribution in [0.2, 0.25) is 0 Å². The highest BCUT2D eigenvalue weighted by Crippen LogP contribution is 2.24. The summed E-state index contributed by atoms with van der Waals surface area (Å²) in [6, 6.07) is 7.99. The maximum Gasteiger partial charge on any atom is 0.155 e. The third-order valence-corrected chi connectivity index (χ3v) is 2.72. The first-order valence-electron chi connectivity index (χ1n) is 5.95. The third kappa shape index (κ3) is 3.77. The molecule has 0 heterocycles. The van der Waals surface area contributed by atoms with E-state index in [1.165, 1.54) is 5.56 Å². The first-order chi connectivity index (χ1) is 7.84. The van der Waals surface area contributed by atoms with Crippen LogP contribution in [-0.2, 0) is 5.41 Å². The highest BCUT2D eigenvalue weighted by atomic mass is 16.5. The van der Waals surface area contributed by atoms with Crippen LogP contribution in [0.5, 0.6) is 5.75 Å². The number of amidine groups is 1. The molecule has 17 heavy (non-hydrogen) atoms. The topological polar surface area (TPSA) is 59.1 Å². The summed E-state index contributed by atoms with van der Waals surface area (Å²) in [5, 5.41) is 7.40. The minimum Gasteiger partial charge on any atom is -0.483 e. The van der Waals surface area contributed by atoms with E-state index in [9.17, 15) is 0 Å². The Morgan fingerprint density at radius 1 is 1.29 bits per heavy atom. The van der Waals surface area contributed by atoms with Crippen LogP contribution < -0.4 is 10.5 Å². The molecule has 3 N–H and O–H groups in total. The number of nitrogens with two attached hydrogens (primary N) is 1. The van der Waals surface area contributed by atoms with Crippen molar-refractivity contribution in [3.63, 3.8) is 0 Å². The normalized spacial score (nSPS) is 13.2. The van der Waals surface area contributed by atoms with E-state index >= 15 is 0 Å². The highest BCUT2D eigenvalue weighted by Gasteiger charge is 2.14. The summed E-state index contributed by atoms with van der Waals surface area (Å²) >= 11 is 0. The van der Waals surface area contributed by atoms with E-state index in [2.05, 4.69) is 32.9 Å². The number of hydrogen-bond acceptors (Lipinski definition) is 2. The maximum absolute atomic E-state index is 7.40. The Kier molecular flexibility index (Phi) is 4.16. The van der Waals surface area contributed by atoms with Gasteiger partial charge in [0.2, 0.25) is 0 Å². The molecule has 1 aromatic rings. The van der Waals surface area contributed by atoms with E-state index in [0.29, 0.717) is 6.42 Å². The van der Waals surface area contributed by atoms with E-state index in [0.717, 1.165) is 5.75 Å². The lowest BCUT2D eigenvalue weighted by Gasteiger charge is -2.20. The standard InChI is InChI=1S/C14H22N2O/c1-5-12(13(15)16)17-11-8-6-10(7-9-11)14(2,3)4/h6-9,12H,5H2,1-4H3,(H3,15,16). The maximum atomic E-state index is 7.40. The predicted molar refractivity (Wildman–Crippen MR) is 71.8 cm³/mol. The van der Waals surface area contributed by atoms with Crippen LogP contribution in [0.25, 0.3) is 0 Å². The zero-order chi connectivity index (χ0) is 13.1. The Morgan fingerprint density at radius 3 is 2.18 bits per heavy atom. The molecule has 0 radical (unpaired) electrons. The van der Waals surface area contributed by atoms with Crippen molar-refractivity contribution in [2.45, 2.75) is 45.6 Å². The Balaban J connectivity index is 2.78. The van der Waals surface area contributed by atoms with Crippen molar-refractivity contribution in [1.29, 1.82) is 5.41 Å². The van der Waals surface area contributed by atoms with E-state index in [1.807, 2.05) is 19.1 Å². The van der Waals surface area contributed by atoms with E-state index in [-0.39, 0.29) is 17.4 Å².